The van der Waals surface area contributed by atoms with Gasteiger partial charge in [0.25, 0.3) is 0 Å². The second kappa shape index (κ2) is 14.4. The molecule has 0 heterocycles. The summed E-state index contributed by atoms with van der Waals surface area (Å²) in [4.78, 5) is 42.1. The van der Waals surface area contributed by atoms with Gasteiger partial charge in [-0.1, -0.05) is 94.3 Å². The van der Waals surface area contributed by atoms with E-state index in [9.17, 15) is 14.4 Å². The monoisotopic (exact) mass is 509 g/mol. The zero-order valence-electron chi connectivity index (χ0n) is 23.1. The molecular weight excluding hydrogens is 466 g/mol. The van der Waals surface area contributed by atoms with Gasteiger partial charge < -0.3 is 20.3 Å². The third kappa shape index (κ3) is 9.56. The largest absolute Gasteiger partial charge is 0.444 e. The lowest BCUT2D eigenvalue weighted by atomic mass is 9.95. The van der Waals surface area contributed by atoms with Crippen LogP contribution >= 0.6 is 0 Å². The zero-order valence-corrected chi connectivity index (χ0v) is 23.1. The van der Waals surface area contributed by atoms with E-state index < -0.39 is 23.8 Å². The van der Waals surface area contributed by atoms with Crippen LogP contribution in [0.1, 0.15) is 78.0 Å². The van der Waals surface area contributed by atoms with Crippen molar-refractivity contribution >= 4 is 17.9 Å². The highest BCUT2D eigenvalue weighted by atomic mass is 16.6. The Morgan fingerprint density at radius 2 is 1.54 bits per heavy atom. The summed E-state index contributed by atoms with van der Waals surface area (Å²) in [6, 6.07) is 17.3. The van der Waals surface area contributed by atoms with Crippen LogP contribution in [0.5, 0.6) is 0 Å². The van der Waals surface area contributed by atoms with Gasteiger partial charge in [-0.2, -0.15) is 0 Å². The summed E-state index contributed by atoms with van der Waals surface area (Å²) in [5, 5.41) is 5.82. The first kappa shape index (κ1) is 29.9. The lowest BCUT2D eigenvalue weighted by molar-refractivity contribution is -0.143. The minimum Gasteiger partial charge on any atom is -0.444 e. The number of amides is 3. The number of unbranched alkanes of at least 4 members (excludes halogenated alkanes) is 1. The molecule has 2 aromatic carbocycles. The van der Waals surface area contributed by atoms with E-state index in [-0.39, 0.29) is 17.7 Å². The van der Waals surface area contributed by atoms with E-state index in [2.05, 4.69) is 10.6 Å². The van der Waals surface area contributed by atoms with Crippen molar-refractivity contribution < 1.29 is 19.1 Å². The number of carbonyl (C=O) groups excluding carboxylic acids is 3. The fraction of sp³-hybridized carbons (Fsp3) is 0.500. The van der Waals surface area contributed by atoms with E-state index in [1.807, 2.05) is 81.4 Å². The molecule has 7 heteroatoms. The number of alkyl carbamates (subject to hydrolysis) is 1. The van der Waals surface area contributed by atoms with Crippen molar-refractivity contribution in [2.24, 2.45) is 5.92 Å². The van der Waals surface area contributed by atoms with Gasteiger partial charge in [-0.05, 0) is 44.2 Å². The number of rotatable bonds is 12. The zero-order chi connectivity index (χ0) is 27.4. The average molecular weight is 510 g/mol. The second-order valence-corrected chi connectivity index (χ2v) is 10.4. The molecule has 0 saturated carbocycles. The molecule has 37 heavy (non-hydrogen) atoms. The molecule has 0 aliphatic rings. The number of hydrogen-bond donors (Lipinski definition) is 2. The molecule has 0 bridgehead atoms. The summed E-state index contributed by atoms with van der Waals surface area (Å²) in [6.45, 7) is 12.0. The molecule has 3 amide bonds. The van der Waals surface area contributed by atoms with Crippen LogP contribution in [0.3, 0.4) is 0 Å². The van der Waals surface area contributed by atoms with E-state index in [4.69, 9.17) is 4.74 Å². The van der Waals surface area contributed by atoms with Gasteiger partial charge in [0.1, 0.15) is 17.7 Å². The highest BCUT2D eigenvalue weighted by Crippen LogP contribution is 2.25. The van der Waals surface area contributed by atoms with Gasteiger partial charge in [0.05, 0.1) is 0 Å². The molecular formula is C30H43N3O4. The summed E-state index contributed by atoms with van der Waals surface area (Å²) in [5.41, 5.74) is 0.995. The van der Waals surface area contributed by atoms with Crippen LogP contribution in [0.2, 0.25) is 0 Å². The third-order valence-corrected chi connectivity index (χ3v) is 6.17. The molecule has 3 atom stereocenters. The highest BCUT2D eigenvalue weighted by molar-refractivity contribution is 5.92. The fourth-order valence-electron chi connectivity index (χ4n) is 3.98. The maximum atomic E-state index is 14.1. The number of nitrogens with one attached hydrogen (secondary N) is 2. The number of benzene rings is 2. The Morgan fingerprint density at radius 1 is 0.946 bits per heavy atom. The topological polar surface area (TPSA) is 87.7 Å². The van der Waals surface area contributed by atoms with Crippen molar-refractivity contribution in [3.63, 3.8) is 0 Å². The Labute approximate surface area is 222 Å². The Balaban J connectivity index is 2.42. The third-order valence-electron chi connectivity index (χ3n) is 6.17. The van der Waals surface area contributed by atoms with Crippen LogP contribution in [0.25, 0.3) is 0 Å². The molecule has 0 aromatic heterocycles. The van der Waals surface area contributed by atoms with Crippen molar-refractivity contribution in [2.75, 3.05) is 6.54 Å². The molecule has 2 aromatic rings. The maximum absolute atomic E-state index is 14.1. The number of ether oxygens (including phenoxy) is 1. The van der Waals surface area contributed by atoms with E-state index >= 15 is 0 Å². The Bertz CT molecular complexity index is 989. The predicted molar refractivity (Wildman–Crippen MR) is 147 cm³/mol. The molecule has 3 unspecified atom stereocenters. The molecule has 0 spiro atoms. The lowest BCUT2D eigenvalue weighted by Crippen LogP contribution is -2.55. The summed E-state index contributed by atoms with van der Waals surface area (Å²) in [6.07, 6.45) is 1.60. The van der Waals surface area contributed by atoms with Crippen LogP contribution < -0.4 is 10.6 Å². The van der Waals surface area contributed by atoms with Crippen molar-refractivity contribution in [2.45, 2.75) is 85.0 Å². The molecule has 202 valence electrons. The summed E-state index contributed by atoms with van der Waals surface area (Å²) in [7, 11) is 0. The van der Waals surface area contributed by atoms with Crippen molar-refractivity contribution in [3.8, 4) is 0 Å². The SMILES string of the molecule is CCCCN(C(=O)C(NC(=O)OC(C)(C)C)C(C)CC)C(C(=O)NCc1ccccc1)c1ccccc1. The Hall–Kier alpha value is -3.35. The first-order valence-electron chi connectivity index (χ1n) is 13.2. The first-order valence-corrected chi connectivity index (χ1v) is 13.2. The van der Waals surface area contributed by atoms with Crippen molar-refractivity contribution in [1.29, 1.82) is 0 Å². The van der Waals surface area contributed by atoms with Crippen LogP contribution in [-0.4, -0.2) is 41.0 Å². The van der Waals surface area contributed by atoms with Gasteiger partial charge in [-0.25, -0.2) is 4.79 Å². The average Bonchev–Trinajstić information content (AvgIpc) is 2.87. The smallest absolute Gasteiger partial charge is 0.408 e. The summed E-state index contributed by atoms with van der Waals surface area (Å²) < 4.78 is 5.45. The Morgan fingerprint density at radius 3 is 2.08 bits per heavy atom. The molecule has 0 saturated heterocycles. The van der Waals surface area contributed by atoms with Crippen LogP contribution in [-0.2, 0) is 20.9 Å². The molecule has 7 nitrogen and oxygen atoms in total. The minimum atomic E-state index is -0.837. The van der Waals surface area contributed by atoms with Gasteiger partial charge >= 0.3 is 6.09 Å². The van der Waals surface area contributed by atoms with Crippen LogP contribution in [0.15, 0.2) is 60.7 Å². The highest BCUT2D eigenvalue weighted by Gasteiger charge is 2.37. The fourth-order valence-corrected chi connectivity index (χ4v) is 3.98. The second-order valence-electron chi connectivity index (χ2n) is 10.4. The number of nitrogens with zero attached hydrogens (tertiary/aromatic N) is 1. The number of hydrogen-bond acceptors (Lipinski definition) is 4. The summed E-state index contributed by atoms with van der Waals surface area (Å²) >= 11 is 0. The van der Waals surface area contributed by atoms with Crippen LogP contribution in [0.4, 0.5) is 4.79 Å². The number of carbonyl (C=O) groups is 3. The lowest BCUT2D eigenvalue weighted by Gasteiger charge is -2.36. The van der Waals surface area contributed by atoms with Gasteiger partial charge in [-0.15, -0.1) is 0 Å². The molecule has 0 aliphatic heterocycles. The normalized spacial score (nSPS) is 13.7. The van der Waals surface area contributed by atoms with E-state index in [0.29, 0.717) is 19.5 Å². The van der Waals surface area contributed by atoms with Gasteiger partial charge in [-0.3, -0.25) is 9.59 Å². The minimum absolute atomic E-state index is 0.159. The predicted octanol–water partition coefficient (Wildman–Crippen LogP) is 5.61. The van der Waals surface area contributed by atoms with E-state index in [0.717, 1.165) is 24.0 Å². The maximum Gasteiger partial charge on any atom is 0.408 e. The quantitative estimate of drug-likeness (QED) is 0.389. The van der Waals surface area contributed by atoms with E-state index in [1.54, 1.807) is 25.7 Å². The molecule has 2 rings (SSSR count). The van der Waals surface area contributed by atoms with Gasteiger partial charge in [0.2, 0.25) is 11.8 Å². The molecule has 2 N–H and O–H groups in total. The molecule has 0 aliphatic carbocycles. The first-order chi connectivity index (χ1) is 17.6. The molecule has 0 radical (unpaired) electrons. The van der Waals surface area contributed by atoms with E-state index in [1.165, 1.54) is 0 Å². The Kier molecular flexibility index (Phi) is 11.6. The van der Waals surface area contributed by atoms with Crippen molar-refractivity contribution in [1.82, 2.24) is 15.5 Å². The van der Waals surface area contributed by atoms with Crippen LogP contribution in [0, 0.1) is 5.92 Å². The summed E-state index contributed by atoms with van der Waals surface area (Å²) in [5.74, 6) is -0.718. The standard InChI is InChI=1S/C30H43N3O4/c1-7-9-20-33(28(35)25(22(3)8-2)32-29(36)37-30(4,5)6)26(24-18-14-11-15-19-24)27(34)31-21-23-16-12-10-13-17-23/h10-19,22,25-26H,7-9,20-21H2,1-6H3,(H,31,34)(H,32,36). The molecule has 0 fully saturated rings. The van der Waals surface area contributed by atoms with Crippen molar-refractivity contribution in [3.05, 3.63) is 71.8 Å². The van der Waals surface area contributed by atoms with Gasteiger partial charge in [0.15, 0.2) is 0 Å². The van der Waals surface area contributed by atoms with Gasteiger partial charge in [0, 0.05) is 13.1 Å².